The van der Waals surface area contributed by atoms with Crippen LogP contribution in [0, 0.1) is 0 Å². The Morgan fingerprint density at radius 1 is 1.33 bits per heavy atom. The van der Waals surface area contributed by atoms with Gasteiger partial charge in [-0.15, -0.1) is 11.3 Å². The summed E-state index contributed by atoms with van der Waals surface area (Å²) in [7, 11) is 0. The summed E-state index contributed by atoms with van der Waals surface area (Å²) in [4.78, 5) is 24.5. The van der Waals surface area contributed by atoms with Gasteiger partial charge in [0.15, 0.2) is 5.65 Å². The third kappa shape index (κ3) is 2.69. The number of likely N-dealkylation sites (tertiary alicyclic amines) is 1. The van der Waals surface area contributed by atoms with E-state index in [9.17, 15) is 4.79 Å². The predicted molar refractivity (Wildman–Crippen MR) is 93.3 cm³/mol. The zero-order chi connectivity index (χ0) is 16.5. The Morgan fingerprint density at radius 2 is 2.12 bits per heavy atom. The minimum Gasteiger partial charge on any atom is -0.339 e. The molecular formula is C17H19N5OS. The van der Waals surface area contributed by atoms with Gasteiger partial charge in [-0.3, -0.25) is 9.89 Å². The van der Waals surface area contributed by atoms with Gasteiger partial charge >= 0.3 is 0 Å². The van der Waals surface area contributed by atoms with E-state index in [0.29, 0.717) is 11.6 Å². The molecule has 0 saturated carbocycles. The van der Waals surface area contributed by atoms with Crippen LogP contribution >= 0.6 is 11.3 Å². The van der Waals surface area contributed by atoms with Crippen LogP contribution in [0.5, 0.6) is 0 Å². The van der Waals surface area contributed by atoms with E-state index in [1.54, 1.807) is 23.7 Å². The summed E-state index contributed by atoms with van der Waals surface area (Å²) in [6, 6.07) is 2.02. The van der Waals surface area contributed by atoms with Crippen LogP contribution in [0.25, 0.3) is 11.2 Å². The maximum absolute atomic E-state index is 12.6. The number of carbonyl (C=O) groups excluding carboxylic acids is 1. The van der Waals surface area contributed by atoms with Gasteiger partial charge in [-0.25, -0.2) is 9.97 Å². The topological polar surface area (TPSA) is 74.8 Å². The highest BCUT2D eigenvalue weighted by molar-refractivity contribution is 7.10. The molecule has 0 radical (unpaired) electrons. The summed E-state index contributed by atoms with van der Waals surface area (Å²) in [5.41, 5.74) is 3.39. The Labute approximate surface area is 143 Å². The number of aromatic amines is 1. The highest BCUT2D eigenvalue weighted by Gasteiger charge is 2.27. The van der Waals surface area contributed by atoms with E-state index in [2.05, 4.69) is 27.1 Å². The van der Waals surface area contributed by atoms with Crippen LogP contribution < -0.4 is 0 Å². The molecular weight excluding hydrogens is 322 g/mol. The third-order valence-corrected chi connectivity index (χ3v) is 5.74. The van der Waals surface area contributed by atoms with E-state index in [-0.39, 0.29) is 5.91 Å². The molecule has 3 aromatic rings. The highest BCUT2D eigenvalue weighted by Crippen LogP contribution is 2.30. The quantitative estimate of drug-likeness (QED) is 0.795. The Hall–Kier alpha value is -2.28. The van der Waals surface area contributed by atoms with E-state index in [1.165, 1.54) is 4.88 Å². The summed E-state index contributed by atoms with van der Waals surface area (Å²) in [6.45, 7) is 3.65. The van der Waals surface area contributed by atoms with Crippen LogP contribution in [0.15, 0.2) is 23.8 Å². The van der Waals surface area contributed by atoms with Gasteiger partial charge in [0.25, 0.3) is 5.91 Å². The van der Waals surface area contributed by atoms with Gasteiger partial charge in [-0.2, -0.15) is 5.10 Å². The molecule has 6 nitrogen and oxygen atoms in total. The molecule has 1 saturated heterocycles. The van der Waals surface area contributed by atoms with E-state index in [0.717, 1.165) is 49.1 Å². The minimum absolute atomic E-state index is 0.152. The predicted octanol–water partition coefficient (Wildman–Crippen LogP) is 3.00. The van der Waals surface area contributed by atoms with Gasteiger partial charge < -0.3 is 4.90 Å². The van der Waals surface area contributed by atoms with Crippen molar-refractivity contribution in [2.24, 2.45) is 0 Å². The fraction of sp³-hybridized carbons (Fsp3) is 0.412. The Balaban J connectivity index is 1.45. The lowest BCUT2D eigenvalue weighted by molar-refractivity contribution is 0.0713. The molecule has 24 heavy (non-hydrogen) atoms. The average Bonchev–Trinajstić information content (AvgIpc) is 3.28. The summed E-state index contributed by atoms with van der Waals surface area (Å²) >= 11 is 1.67. The van der Waals surface area contributed by atoms with Crippen LogP contribution in [-0.4, -0.2) is 44.1 Å². The van der Waals surface area contributed by atoms with E-state index < -0.39 is 0 Å². The standard InChI is InChI=1S/C17H19N5OS/c1-2-13-9-12(10-24-13)17(23)22-7-3-11(4-8-22)14-15-16(21-20-14)19-6-5-18-15/h5-6,9-11H,2-4,7-8H2,1H3,(H,19,20,21). The molecule has 124 valence electrons. The Kier molecular flexibility index (Phi) is 4.02. The Bertz CT molecular complexity index is 863. The zero-order valence-electron chi connectivity index (χ0n) is 13.5. The van der Waals surface area contributed by atoms with Crippen molar-refractivity contribution < 1.29 is 4.79 Å². The van der Waals surface area contributed by atoms with Crippen LogP contribution in [0.3, 0.4) is 0 Å². The average molecular weight is 341 g/mol. The molecule has 7 heteroatoms. The lowest BCUT2D eigenvalue weighted by atomic mass is 9.93. The largest absolute Gasteiger partial charge is 0.339 e. The lowest BCUT2D eigenvalue weighted by Gasteiger charge is -2.31. The van der Waals surface area contributed by atoms with E-state index in [4.69, 9.17) is 0 Å². The van der Waals surface area contributed by atoms with Crippen molar-refractivity contribution in [1.82, 2.24) is 25.1 Å². The lowest BCUT2D eigenvalue weighted by Crippen LogP contribution is -2.37. The minimum atomic E-state index is 0.152. The van der Waals surface area contributed by atoms with Crippen molar-refractivity contribution in [3.63, 3.8) is 0 Å². The number of nitrogens with zero attached hydrogens (tertiary/aromatic N) is 4. The number of thiophene rings is 1. The van der Waals surface area contributed by atoms with E-state index in [1.807, 2.05) is 16.3 Å². The van der Waals surface area contributed by atoms with Crippen LogP contribution in [0.4, 0.5) is 0 Å². The molecule has 0 aromatic carbocycles. The second-order valence-electron chi connectivity index (χ2n) is 6.09. The van der Waals surface area contributed by atoms with Gasteiger partial charge in [-0.05, 0) is 25.3 Å². The molecule has 0 bridgehead atoms. The van der Waals surface area contributed by atoms with Gasteiger partial charge in [0.1, 0.15) is 5.52 Å². The third-order valence-electron chi connectivity index (χ3n) is 4.66. The number of H-pyrrole nitrogens is 1. The highest BCUT2D eigenvalue weighted by atomic mass is 32.1. The summed E-state index contributed by atoms with van der Waals surface area (Å²) < 4.78 is 0. The molecule has 0 spiro atoms. The SMILES string of the molecule is CCc1cc(C(=O)N2CCC(c3[nH]nc4nccnc34)CC2)cs1. The number of aromatic nitrogens is 4. The fourth-order valence-corrected chi connectivity index (χ4v) is 4.09. The van der Waals surface area contributed by atoms with Gasteiger partial charge in [0.2, 0.25) is 0 Å². The number of fused-ring (bicyclic) bond motifs is 1. The maximum atomic E-state index is 12.6. The first-order valence-corrected chi connectivity index (χ1v) is 9.16. The van der Waals surface area contributed by atoms with Crippen LogP contribution in [0.2, 0.25) is 0 Å². The fourth-order valence-electron chi connectivity index (χ4n) is 3.29. The van der Waals surface area contributed by atoms with Crippen LogP contribution in [-0.2, 0) is 6.42 Å². The van der Waals surface area contributed by atoms with Crippen LogP contribution in [0.1, 0.15) is 46.6 Å². The van der Waals surface area contributed by atoms with Crippen molar-refractivity contribution in [3.05, 3.63) is 40.0 Å². The first kappa shape index (κ1) is 15.3. The smallest absolute Gasteiger partial charge is 0.254 e. The van der Waals surface area contributed by atoms with Crippen molar-refractivity contribution >= 4 is 28.4 Å². The van der Waals surface area contributed by atoms with Gasteiger partial charge in [0, 0.05) is 41.7 Å². The number of nitrogens with one attached hydrogen (secondary N) is 1. The first-order chi connectivity index (χ1) is 11.8. The number of hydrogen-bond acceptors (Lipinski definition) is 5. The molecule has 1 aliphatic heterocycles. The molecule has 1 amide bonds. The monoisotopic (exact) mass is 341 g/mol. The zero-order valence-corrected chi connectivity index (χ0v) is 14.3. The normalized spacial score (nSPS) is 16.0. The molecule has 1 fully saturated rings. The van der Waals surface area contributed by atoms with Crippen molar-refractivity contribution in [3.8, 4) is 0 Å². The maximum Gasteiger partial charge on any atom is 0.254 e. The van der Waals surface area contributed by atoms with Crippen molar-refractivity contribution in [2.75, 3.05) is 13.1 Å². The summed E-state index contributed by atoms with van der Waals surface area (Å²) in [5.74, 6) is 0.503. The number of aryl methyl sites for hydroxylation is 1. The molecule has 0 atom stereocenters. The molecule has 1 aliphatic rings. The van der Waals surface area contributed by atoms with Gasteiger partial charge in [-0.1, -0.05) is 6.92 Å². The second-order valence-corrected chi connectivity index (χ2v) is 7.08. The van der Waals surface area contributed by atoms with E-state index >= 15 is 0 Å². The number of carbonyl (C=O) groups is 1. The van der Waals surface area contributed by atoms with Gasteiger partial charge in [0.05, 0.1) is 11.3 Å². The number of piperidine rings is 1. The number of rotatable bonds is 3. The first-order valence-electron chi connectivity index (χ1n) is 8.28. The van der Waals surface area contributed by atoms with Crippen molar-refractivity contribution in [2.45, 2.75) is 32.1 Å². The molecule has 4 heterocycles. The Morgan fingerprint density at radius 3 is 2.88 bits per heavy atom. The second kappa shape index (κ2) is 6.32. The van der Waals surface area contributed by atoms with Crippen molar-refractivity contribution in [1.29, 1.82) is 0 Å². The molecule has 3 aromatic heterocycles. The number of hydrogen-bond donors (Lipinski definition) is 1. The molecule has 4 rings (SSSR count). The molecule has 0 aliphatic carbocycles. The molecule has 1 N–H and O–H groups in total. The summed E-state index contributed by atoms with van der Waals surface area (Å²) in [5, 5.41) is 9.30. The molecule has 0 unspecified atom stereocenters. The number of amides is 1. The summed E-state index contributed by atoms with van der Waals surface area (Å²) in [6.07, 6.45) is 6.17.